The molecule has 1 heterocycles. The number of nitrogens with two attached hydrogens (primary N) is 1. The molecular weight excluding hydrogens is 170 g/mol. The fourth-order valence-electron chi connectivity index (χ4n) is 1.60. The summed E-state index contributed by atoms with van der Waals surface area (Å²) in [5.74, 6) is -0.0717. The highest BCUT2D eigenvalue weighted by Crippen LogP contribution is 2.20. The first-order chi connectivity index (χ1) is 5.87. The Kier molecular flexibility index (Phi) is 2.19. The normalized spacial score (nSPS) is 21.9. The van der Waals surface area contributed by atoms with Gasteiger partial charge in [0.05, 0.1) is 0 Å². The number of carbonyl (C=O) groups excluding carboxylic acids is 2. The van der Waals surface area contributed by atoms with Gasteiger partial charge in [-0.3, -0.25) is 4.79 Å². The molecule has 0 radical (unpaired) electrons. The van der Waals surface area contributed by atoms with Crippen LogP contribution in [0.25, 0.3) is 0 Å². The smallest absolute Gasteiger partial charge is 0.315 e. The van der Waals surface area contributed by atoms with Crippen LogP contribution < -0.4 is 5.73 Å². The van der Waals surface area contributed by atoms with Crippen LogP contribution in [0.1, 0.15) is 13.8 Å². The number of amides is 3. The average Bonchev–Trinajstić information content (AvgIpc) is 1.99. The Morgan fingerprint density at radius 3 is 2.46 bits per heavy atom. The lowest BCUT2D eigenvalue weighted by Crippen LogP contribution is -2.64. The molecule has 1 fully saturated rings. The van der Waals surface area contributed by atoms with Crippen molar-refractivity contribution in [3.05, 3.63) is 0 Å². The Hall–Kier alpha value is -1.26. The topological polar surface area (TPSA) is 66.6 Å². The van der Waals surface area contributed by atoms with E-state index in [4.69, 9.17) is 5.73 Å². The van der Waals surface area contributed by atoms with Crippen LogP contribution in [0.4, 0.5) is 4.79 Å². The van der Waals surface area contributed by atoms with Crippen LogP contribution in [0, 0.1) is 0 Å². The van der Waals surface area contributed by atoms with E-state index in [-0.39, 0.29) is 5.91 Å². The van der Waals surface area contributed by atoms with Gasteiger partial charge in [-0.2, -0.15) is 0 Å². The van der Waals surface area contributed by atoms with Gasteiger partial charge in [0.1, 0.15) is 5.54 Å². The largest absolute Gasteiger partial charge is 0.351 e. The lowest BCUT2D eigenvalue weighted by atomic mass is 9.98. The van der Waals surface area contributed by atoms with Gasteiger partial charge >= 0.3 is 6.03 Å². The Morgan fingerprint density at radius 2 is 2.00 bits per heavy atom. The van der Waals surface area contributed by atoms with Gasteiger partial charge in [0, 0.05) is 20.1 Å². The standard InChI is InChI=1S/C8H15N3O2/c1-8(2)6(12)10(3)4-5-11(8)7(9)13/h4-5H2,1-3H3,(H2,9,13). The second-order valence-electron chi connectivity index (χ2n) is 3.78. The van der Waals surface area contributed by atoms with E-state index in [1.807, 2.05) is 0 Å². The second kappa shape index (κ2) is 2.90. The quantitative estimate of drug-likeness (QED) is 0.559. The van der Waals surface area contributed by atoms with Crippen LogP contribution in [0.3, 0.4) is 0 Å². The van der Waals surface area contributed by atoms with Gasteiger partial charge in [-0.25, -0.2) is 4.79 Å². The Labute approximate surface area is 77.5 Å². The van der Waals surface area contributed by atoms with E-state index in [9.17, 15) is 9.59 Å². The molecular formula is C8H15N3O2. The highest BCUT2D eigenvalue weighted by molar-refractivity contribution is 5.90. The lowest BCUT2D eigenvalue weighted by Gasteiger charge is -2.43. The number of carbonyl (C=O) groups is 2. The summed E-state index contributed by atoms with van der Waals surface area (Å²) in [5.41, 5.74) is 4.36. The molecule has 0 spiro atoms. The van der Waals surface area contributed by atoms with Crippen LogP contribution >= 0.6 is 0 Å². The second-order valence-corrected chi connectivity index (χ2v) is 3.78. The number of rotatable bonds is 0. The number of nitrogens with zero attached hydrogens (tertiary/aromatic N) is 2. The molecule has 74 valence electrons. The van der Waals surface area contributed by atoms with Crippen LogP contribution in [0.15, 0.2) is 0 Å². The number of piperazine rings is 1. The monoisotopic (exact) mass is 185 g/mol. The van der Waals surface area contributed by atoms with Crippen molar-refractivity contribution in [2.24, 2.45) is 5.73 Å². The molecule has 1 saturated heterocycles. The molecule has 5 nitrogen and oxygen atoms in total. The van der Waals surface area contributed by atoms with Crippen LogP contribution in [0.2, 0.25) is 0 Å². The minimum atomic E-state index is -0.807. The van der Waals surface area contributed by atoms with E-state index in [1.165, 1.54) is 4.90 Å². The lowest BCUT2D eigenvalue weighted by molar-refractivity contribution is -0.144. The van der Waals surface area contributed by atoms with E-state index in [0.29, 0.717) is 13.1 Å². The highest BCUT2D eigenvalue weighted by Gasteiger charge is 2.42. The SMILES string of the molecule is CN1CCN(C(N)=O)C(C)(C)C1=O. The molecule has 0 unspecified atom stereocenters. The van der Waals surface area contributed by atoms with Gasteiger partial charge in [-0.1, -0.05) is 0 Å². The molecule has 0 bridgehead atoms. The third kappa shape index (κ3) is 1.46. The Bertz CT molecular complexity index is 250. The van der Waals surface area contributed by atoms with Gasteiger partial charge in [-0.05, 0) is 13.8 Å². The summed E-state index contributed by atoms with van der Waals surface area (Å²) in [7, 11) is 1.72. The first-order valence-electron chi connectivity index (χ1n) is 4.20. The molecule has 5 heteroatoms. The molecule has 0 atom stereocenters. The zero-order chi connectivity index (χ0) is 10.2. The summed E-state index contributed by atoms with van der Waals surface area (Å²) in [6.45, 7) is 4.46. The predicted octanol–water partition coefficient (Wildman–Crippen LogP) is -0.382. The Morgan fingerprint density at radius 1 is 1.46 bits per heavy atom. The van der Waals surface area contributed by atoms with Gasteiger partial charge < -0.3 is 15.5 Å². The van der Waals surface area contributed by atoms with Gasteiger partial charge in [0.25, 0.3) is 0 Å². The third-order valence-electron chi connectivity index (χ3n) is 2.47. The van der Waals surface area contributed by atoms with Crippen molar-refractivity contribution in [2.75, 3.05) is 20.1 Å². The molecule has 0 aromatic carbocycles. The number of hydrogen-bond acceptors (Lipinski definition) is 2. The van der Waals surface area contributed by atoms with Crippen molar-refractivity contribution in [2.45, 2.75) is 19.4 Å². The van der Waals surface area contributed by atoms with Gasteiger partial charge in [0.2, 0.25) is 5.91 Å². The van der Waals surface area contributed by atoms with E-state index >= 15 is 0 Å². The molecule has 0 saturated carbocycles. The van der Waals surface area contributed by atoms with Crippen molar-refractivity contribution >= 4 is 11.9 Å². The summed E-state index contributed by atoms with van der Waals surface area (Å²) in [5, 5.41) is 0. The van der Waals surface area contributed by atoms with E-state index in [1.54, 1.807) is 25.8 Å². The molecule has 0 aromatic rings. The maximum Gasteiger partial charge on any atom is 0.315 e. The summed E-state index contributed by atoms with van der Waals surface area (Å²) in [6.07, 6.45) is 0. The van der Waals surface area contributed by atoms with E-state index in [0.717, 1.165) is 0 Å². The van der Waals surface area contributed by atoms with Crippen molar-refractivity contribution in [1.29, 1.82) is 0 Å². The predicted molar refractivity (Wildman–Crippen MR) is 48.0 cm³/mol. The molecule has 1 aliphatic rings. The first-order valence-corrected chi connectivity index (χ1v) is 4.20. The molecule has 3 amide bonds. The summed E-state index contributed by atoms with van der Waals surface area (Å²) >= 11 is 0. The highest BCUT2D eigenvalue weighted by atomic mass is 16.2. The van der Waals surface area contributed by atoms with Crippen LogP contribution in [-0.2, 0) is 4.79 Å². The molecule has 1 aliphatic heterocycles. The molecule has 2 N–H and O–H groups in total. The van der Waals surface area contributed by atoms with E-state index < -0.39 is 11.6 Å². The number of likely N-dealkylation sites (N-methyl/N-ethyl adjacent to an activating group) is 1. The fraction of sp³-hybridized carbons (Fsp3) is 0.750. The minimum absolute atomic E-state index is 0.0717. The fourth-order valence-corrected chi connectivity index (χ4v) is 1.60. The van der Waals surface area contributed by atoms with Crippen molar-refractivity contribution in [1.82, 2.24) is 9.80 Å². The zero-order valence-corrected chi connectivity index (χ0v) is 8.20. The number of primary amides is 1. The molecule has 1 rings (SSSR count). The van der Waals surface area contributed by atoms with Crippen molar-refractivity contribution in [3.63, 3.8) is 0 Å². The van der Waals surface area contributed by atoms with Crippen molar-refractivity contribution in [3.8, 4) is 0 Å². The molecule has 0 aromatic heterocycles. The maximum absolute atomic E-state index is 11.6. The van der Waals surface area contributed by atoms with Gasteiger partial charge in [-0.15, -0.1) is 0 Å². The minimum Gasteiger partial charge on any atom is -0.351 e. The zero-order valence-electron chi connectivity index (χ0n) is 8.20. The van der Waals surface area contributed by atoms with Crippen LogP contribution in [0.5, 0.6) is 0 Å². The molecule has 0 aliphatic carbocycles. The van der Waals surface area contributed by atoms with Crippen molar-refractivity contribution < 1.29 is 9.59 Å². The average molecular weight is 185 g/mol. The van der Waals surface area contributed by atoms with Gasteiger partial charge in [0.15, 0.2) is 0 Å². The third-order valence-corrected chi connectivity index (χ3v) is 2.47. The Balaban J connectivity index is 2.92. The number of urea groups is 1. The first kappa shape index (κ1) is 9.83. The van der Waals surface area contributed by atoms with E-state index in [2.05, 4.69) is 0 Å². The number of hydrogen-bond donors (Lipinski definition) is 1. The van der Waals surface area contributed by atoms with Crippen LogP contribution in [-0.4, -0.2) is 47.4 Å². The summed E-state index contributed by atoms with van der Waals surface area (Å²) in [6, 6.07) is -0.536. The molecule has 13 heavy (non-hydrogen) atoms. The summed E-state index contributed by atoms with van der Waals surface area (Å²) < 4.78 is 0. The maximum atomic E-state index is 11.6. The summed E-state index contributed by atoms with van der Waals surface area (Å²) in [4.78, 5) is 25.6.